The normalized spacial score (nSPS) is 10.8. The predicted molar refractivity (Wildman–Crippen MR) is 85.7 cm³/mol. The molecule has 18 heavy (non-hydrogen) atoms. The van der Waals surface area contributed by atoms with Gasteiger partial charge in [-0.25, -0.2) is 4.98 Å². The molecule has 1 aromatic carbocycles. The van der Waals surface area contributed by atoms with Crippen LogP contribution in [0.2, 0.25) is 0 Å². The van der Waals surface area contributed by atoms with Crippen LogP contribution >= 0.6 is 31.9 Å². The van der Waals surface area contributed by atoms with Gasteiger partial charge in [-0.15, -0.1) is 0 Å². The molecule has 0 N–H and O–H groups in total. The molecule has 0 atom stereocenters. The Kier molecular flexibility index (Phi) is 5.01. The Morgan fingerprint density at radius 1 is 1.22 bits per heavy atom. The van der Waals surface area contributed by atoms with Gasteiger partial charge in [-0.1, -0.05) is 44.0 Å². The van der Waals surface area contributed by atoms with E-state index in [0.29, 0.717) is 0 Å². The summed E-state index contributed by atoms with van der Waals surface area (Å²) in [6.45, 7) is 4.18. The Bertz CT molecular complexity index is 528. The summed E-state index contributed by atoms with van der Waals surface area (Å²) in [5.41, 5.74) is 0. The van der Waals surface area contributed by atoms with E-state index < -0.39 is 0 Å². The first-order chi connectivity index (χ1) is 8.77. The number of hydrogen-bond donors (Lipinski definition) is 0. The standard InChI is InChI=1S/C14H16Br2N2/c1-2-18(10-4-8-15)14-12-5-3-6-13(16)11(12)7-9-17-14/h3,5-7,9H,2,4,8,10H2,1H3. The van der Waals surface area contributed by atoms with Crippen molar-refractivity contribution in [3.8, 4) is 0 Å². The molecule has 1 aromatic heterocycles. The summed E-state index contributed by atoms with van der Waals surface area (Å²) in [7, 11) is 0. The molecule has 4 heteroatoms. The molecular weight excluding hydrogens is 356 g/mol. The summed E-state index contributed by atoms with van der Waals surface area (Å²) in [4.78, 5) is 6.89. The molecule has 0 aliphatic carbocycles. The van der Waals surface area contributed by atoms with Crippen molar-refractivity contribution in [3.63, 3.8) is 0 Å². The lowest BCUT2D eigenvalue weighted by atomic mass is 10.1. The fourth-order valence-corrected chi connectivity index (χ4v) is 2.82. The number of hydrogen-bond acceptors (Lipinski definition) is 2. The number of benzene rings is 1. The summed E-state index contributed by atoms with van der Waals surface area (Å²) >= 11 is 7.09. The van der Waals surface area contributed by atoms with E-state index in [1.807, 2.05) is 6.20 Å². The number of rotatable bonds is 5. The third-order valence-corrected chi connectivity index (χ3v) is 4.23. The Labute approximate surface area is 125 Å². The molecule has 0 radical (unpaired) electrons. The molecule has 0 saturated carbocycles. The van der Waals surface area contributed by atoms with Crippen LogP contribution in [0.1, 0.15) is 13.3 Å². The maximum absolute atomic E-state index is 4.56. The van der Waals surface area contributed by atoms with E-state index in [0.717, 1.165) is 35.1 Å². The van der Waals surface area contributed by atoms with E-state index in [9.17, 15) is 0 Å². The molecule has 2 nitrogen and oxygen atoms in total. The second kappa shape index (κ2) is 6.53. The van der Waals surface area contributed by atoms with Gasteiger partial charge in [0, 0.05) is 39.9 Å². The minimum atomic E-state index is 0.978. The summed E-state index contributed by atoms with van der Waals surface area (Å²) in [5, 5.41) is 3.46. The molecule has 2 aromatic rings. The first-order valence-electron chi connectivity index (χ1n) is 6.12. The zero-order chi connectivity index (χ0) is 13.0. The van der Waals surface area contributed by atoms with Crippen LogP contribution in [-0.2, 0) is 0 Å². The molecule has 0 unspecified atom stereocenters. The smallest absolute Gasteiger partial charge is 0.136 e. The summed E-state index contributed by atoms with van der Waals surface area (Å²) < 4.78 is 1.13. The van der Waals surface area contributed by atoms with Gasteiger partial charge in [0.25, 0.3) is 0 Å². The van der Waals surface area contributed by atoms with Crippen molar-refractivity contribution in [1.29, 1.82) is 0 Å². The lowest BCUT2D eigenvalue weighted by Gasteiger charge is -2.23. The van der Waals surface area contributed by atoms with Crippen molar-refractivity contribution < 1.29 is 0 Å². The number of nitrogens with zero attached hydrogens (tertiary/aromatic N) is 2. The van der Waals surface area contributed by atoms with Crippen molar-refractivity contribution in [1.82, 2.24) is 4.98 Å². The number of halogens is 2. The molecule has 0 fully saturated rings. The van der Waals surface area contributed by atoms with E-state index in [-0.39, 0.29) is 0 Å². The quantitative estimate of drug-likeness (QED) is 0.713. The monoisotopic (exact) mass is 370 g/mol. The van der Waals surface area contributed by atoms with Gasteiger partial charge in [-0.3, -0.25) is 0 Å². The zero-order valence-electron chi connectivity index (χ0n) is 10.4. The van der Waals surface area contributed by atoms with Gasteiger partial charge in [0.15, 0.2) is 0 Å². The molecule has 0 aliphatic heterocycles. The van der Waals surface area contributed by atoms with Crippen LogP contribution in [0.15, 0.2) is 34.9 Å². The maximum Gasteiger partial charge on any atom is 0.136 e. The van der Waals surface area contributed by atoms with E-state index >= 15 is 0 Å². The van der Waals surface area contributed by atoms with Crippen LogP contribution < -0.4 is 4.90 Å². The molecule has 1 heterocycles. The summed E-state index contributed by atoms with van der Waals surface area (Å²) in [6, 6.07) is 8.33. The van der Waals surface area contributed by atoms with Gasteiger partial charge < -0.3 is 4.90 Å². The third-order valence-electron chi connectivity index (χ3n) is 2.97. The molecule has 0 bridgehead atoms. The SMILES string of the molecule is CCN(CCCBr)c1nccc2c(Br)cccc12. The number of aromatic nitrogens is 1. The molecule has 0 spiro atoms. The average molecular weight is 372 g/mol. The average Bonchev–Trinajstić information content (AvgIpc) is 2.40. The van der Waals surface area contributed by atoms with Gasteiger partial charge in [0.2, 0.25) is 0 Å². The van der Waals surface area contributed by atoms with Crippen LogP contribution in [0.5, 0.6) is 0 Å². The van der Waals surface area contributed by atoms with Crippen molar-refractivity contribution in [3.05, 3.63) is 34.9 Å². The van der Waals surface area contributed by atoms with E-state index in [1.165, 1.54) is 10.8 Å². The van der Waals surface area contributed by atoms with Crippen molar-refractivity contribution in [2.45, 2.75) is 13.3 Å². The molecule has 96 valence electrons. The number of fused-ring (bicyclic) bond motifs is 1. The second-order valence-corrected chi connectivity index (χ2v) is 5.74. The van der Waals surface area contributed by atoms with E-state index in [1.54, 1.807) is 0 Å². The summed E-state index contributed by atoms with van der Waals surface area (Å²) in [6.07, 6.45) is 3.01. The largest absolute Gasteiger partial charge is 0.356 e. The lowest BCUT2D eigenvalue weighted by Crippen LogP contribution is -2.25. The topological polar surface area (TPSA) is 16.1 Å². The van der Waals surface area contributed by atoms with E-state index in [2.05, 4.69) is 72.9 Å². The van der Waals surface area contributed by atoms with Gasteiger partial charge >= 0.3 is 0 Å². The number of pyridine rings is 1. The van der Waals surface area contributed by atoms with Crippen LogP contribution in [0.4, 0.5) is 5.82 Å². The molecule has 0 aliphatic rings. The van der Waals surface area contributed by atoms with Crippen molar-refractivity contribution in [2.24, 2.45) is 0 Å². The maximum atomic E-state index is 4.56. The van der Waals surface area contributed by atoms with Crippen molar-refractivity contribution in [2.75, 3.05) is 23.3 Å². The highest BCUT2D eigenvalue weighted by atomic mass is 79.9. The van der Waals surface area contributed by atoms with E-state index in [4.69, 9.17) is 0 Å². The number of alkyl halides is 1. The second-order valence-electron chi connectivity index (χ2n) is 4.09. The highest BCUT2D eigenvalue weighted by Crippen LogP contribution is 2.29. The Morgan fingerprint density at radius 3 is 2.78 bits per heavy atom. The van der Waals surface area contributed by atoms with Gasteiger partial charge in [-0.2, -0.15) is 0 Å². The first-order valence-corrected chi connectivity index (χ1v) is 8.03. The zero-order valence-corrected chi connectivity index (χ0v) is 13.5. The van der Waals surface area contributed by atoms with Crippen LogP contribution in [0, 0.1) is 0 Å². The minimum Gasteiger partial charge on any atom is -0.356 e. The molecule has 2 rings (SSSR count). The fourth-order valence-electron chi connectivity index (χ4n) is 2.07. The minimum absolute atomic E-state index is 0.978. The molecular formula is C14H16Br2N2. The Balaban J connectivity index is 2.46. The predicted octanol–water partition coefficient (Wildman–Crippen LogP) is 4.61. The number of anilines is 1. The molecule has 0 saturated heterocycles. The highest BCUT2D eigenvalue weighted by molar-refractivity contribution is 9.10. The van der Waals surface area contributed by atoms with Gasteiger partial charge in [0.1, 0.15) is 5.82 Å². The van der Waals surface area contributed by atoms with Crippen LogP contribution in [0.3, 0.4) is 0 Å². The van der Waals surface area contributed by atoms with Crippen LogP contribution in [0.25, 0.3) is 10.8 Å². The van der Waals surface area contributed by atoms with Gasteiger partial charge in [0.05, 0.1) is 0 Å². The highest BCUT2D eigenvalue weighted by Gasteiger charge is 2.10. The fraction of sp³-hybridized carbons (Fsp3) is 0.357. The third kappa shape index (κ3) is 2.86. The Morgan fingerprint density at radius 2 is 2.06 bits per heavy atom. The van der Waals surface area contributed by atoms with Gasteiger partial charge in [-0.05, 0) is 25.5 Å². The first kappa shape index (κ1) is 13.8. The Hall–Kier alpha value is -0.610. The van der Waals surface area contributed by atoms with Crippen LogP contribution in [-0.4, -0.2) is 23.4 Å². The van der Waals surface area contributed by atoms with Crippen molar-refractivity contribution >= 4 is 48.5 Å². The lowest BCUT2D eigenvalue weighted by molar-refractivity contribution is 0.789. The summed E-state index contributed by atoms with van der Waals surface area (Å²) in [5.74, 6) is 1.08. The molecule has 0 amide bonds.